The molecule has 0 aromatic heterocycles. The lowest BCUT2D eigenvalue weighted by molar-refractivity contribution is -0.142. The second-order valence-electron chi connectivity index (χ2n) is 6.12. The van der Waals surface area contributed by atoms with Crippen molar-refractivity contribution < 1.29 is 22.7 Å². The molecule has 8 heteroatoms. The first kappa shape index (κ1) is 20.0. The molecule has 1 aliphatic rings. The lowest BCUT2D eigenvalue weighted by Crippen LogP contribution is -2.35. The Bertz CT molecular complexity index is 684. The third kappa shape index (κ3) is 6.17. The largest absolute Gasteiger partial charge is 0.480 e. The summed E-state index contributed by atoms with van der Waals surface area (Å²) in [6.07, 6.45) is 7.30. The monoisotopic (exact) mass is 389 g/mol. The summed E-state index contributed by atoms with van der Waals surface area (Å²) < 4.78 is 37.7. The lowest BCUT2D eigenvalue weighted by atomic mass is 9.97. The molecule has 1 aliphatic carbocycles. The molecule has 0 atom stereocenters. The van der Waals surface area contributed by atoms with Gasteiger partial charge in [-0.2, -0.15) is 0 Å². The molecule has 0 unspecified atom stereocenters. The van der Waals surface area contributed by atoms with E-state index in [1.54, 1.807) is 0 Å². The fourth-order valence-electron chi connectivity index (χ4n) is 2.82. The maximum absolute atomic E-state index is 12.6. The van der Waals surface area contributed by atoms with Gasteiger partial charge in [0.1, 0.15) is 5.75 Å². The molecule has 1 saturated carbocycles. The summed E-state index contributed by atoms with van der Waals surface area (Å²) >= 11 is 6.08. The van der Waals surface area contributed by atoms with E-state index < -0.39 is 16.0 Å². The molecule has 0 saturated heterocycles. The molecule has 0 bridgehead atoms. The first-order valence-corrected chi connectivity index (χ1v) is 10.3. The zero-order chi connectivity index (χ0) is 18.3. The van der Waals surface area contributed by atoms with Crippen molar-refractivity contribution in [2.75, 3.05) is 13.7 Å². The fourth-order valence-corrected chi connectivity index (χ4v) is 4.45. The Labute approximate surface area is 153 Å². The predicted molar refractivity (Wildman–Crippen MR) is 95.4 cm³/mol. The van der Waals surface area contributed by atoms with Crippen LogP contribution in [0.2, 0.25) is 5.02 Å². The van der Waals surface area contributed by atoms with Crippen molar-refractivity contribution in [3.05, 3.63) is 23.2 Å². The topological polar surface area (TPSA) is 81.7 Å². The number of hydrogen-bond acceptors (Lipinski definition) is 5. The first-order valence-electron chi connectivity index (χ1n) is 8.44. The number of methoxy groups -OCH3 is 1. The number of sulfonamides is 1. The maximum Gasteiger partial charge on any atom is 0.343 e. The van der Waals surface area contributed by atoms with Crippen LogP contribution in [0.15, 0.2) is 23.1 Å². The minimum atomic E-state index is -3.64. The minimum absolute atomic E-state index is 0.0423. The van der Waals surface area contributed by atoms with E-state index in [9.17, 15) is 13.2 Å². The first-order chi connectivity index (χ1) is 11.9. The van der Waals surface area contributed by atoms with Gasteiger partial charge in [0.2, 0.25) is 10.0 Å². The molecule has 0 spiro atoms. The molecule has 0 radical (unpaired) electrons. The third-order valence-electron chi connectivity index (χ3n) is 4.21. The standard InChI is InChI=1S/C17H24ClNO5S/c1-23-17(20)12-24-16-10-9-14(11-15(16)18)25(21,22)19-13-7-5-3-2-4-6-8-13/h9-11,13,19H,2-8,12H2,1H3. The normalized spacial score (nSPS) is 16.7. The van der Waals surface area contributed by atoms with Crippen LogP contribution >= 0.6 is 11.6 Å². The van der Waals surface area contributed by atoms with Crippen molar-refractivity contribution in [2.24, 2.45) is 0 Å². The number of esters is 1. The van der Waals surface area contributed by atoms with Crippen LogP contribution in [-0.4, -0.2) is 34.1 Å². The minimum Gasteiger partial charge on any atom is -0.480 e. The van der Waals surface area contributed by atoms with Gasteiger partial charge in [-0.15, -0.1) is 0 Å². The van der Waals surface area contributed by atoms with E-state index in [-0.39, 0.29) is 28.3 Å². The number of nitrogens with one attached hydrogen (secondary N) is 1. The lowest BCUT2D eigenvalue weighted by Gasteiger charge is -2.21. The number of rotatable bonds is 6. The summed E-state index contributed by atoms with van der Waals surface area (Å²) in [7, 11) is -2.39. The highest BCUT2D eigenvalue weighted by atomic mass is 35.5. The Morgan fingerprint density at radius 2 is 1.84 bits per heavy atom. The number of benzene rings is 1. The van der Waals surface area contributed by atoms with E-state index in [0.29, 0.717) is 0 Å². The SMILES string of the molecule is COC(=O)COc1ccc(S(=O)(=O)NC2CCCCCCC2)cc1Cl. The number of carbonyl (C=O) groups is 1. The molecule has 0 amide bonds. The van der Waals surface area contributed by atoms with E-state index in [2.05, 4.69) is 9.46 Å². The summed E-state index contributed by atoms with van der Waals surface area (Å²) in [5.41, 5.74) is 0. The predicted octanol–water partition coefficient (Wildman–Crippen LogP) is 3.28. The summed E-state index contributed by atoms with van der Waals surface area (Å²) in [5, 5.41) is 0.129. The van der Waals surface area contributed by atoms with Crippen LogP contribution in [0.25, 0.3) is 0 Å². The zero-order valence-electron chi connectivity index (χ0n) is 14.3. The van der Waals surface area contributed by atoms with E-state index in [0.717, 1.165) is 38.5 Å². The van der Waals surface area contributed by atoms with Crippen molar-refractivity contribution in [2.45, 2.75) is 55.9 Å². The van der Waals surface area contributed by atoms with Crippen LogP contribution in [-0.2, 0) is 19.6 Å². The highest BCUT2D eigenvalue weighted by Gasteiger charge is 2.22. The van der Waals surface area contributed by atoms with Gasteiger partial charge in [-0.05, 0) is 31.0 Å². The Balaban J connectivity index is 2.05. The van der Waals surface area contributed by atoms with Crippen molar-refractivity contribution in [1.29, 1.82) is 0 Å². The Hall–Kier alpha value is -1.31. The molecular formula is C17H24ClNO5S. The molecule has 0 heterocycles. The van der Waals surface area contributed by atoms with Gasteiger partial charge in [-0.3, -0.25) is 0 Å². The summed E-state index contributed by atoms with van der Waals surface area (Å²) in [4.78, 5) is 11.2. The maximum atomic E-state index is 12.6. The average Bonchev–Trinajstić information content (AvgIpc) is 2.55. The van der Waals surface area contributed by atoms with Gasteiger partial charge in [-0.1, -0.05) is 43.7 Å². The highest BCUT2D eigenvalue weighted by Crippen LogP contribution is 2.28. The molecule has 1 aromatic rings. The van der Waals surface area contributed by atoms with Crippen LogP contribution in [0.1, 0.15) is 44.9 Å². The molecule has 2 rings (SSSR count). The van der Waals surface area contributed by atoms with E-state index >= 15 is 0 Å². The molecule has 6 nitrogen and oxygen atoms in total. The summed E-state index contributed by atoms with van der Waals surface area (Å²) in [6.45, 7) is -0.289. The third-order valence-corrected chi connectivity index (χ3v) is 6.03. The molecule has 1 aromatic carbocycles. The fraction of sp³-hybridized carbons (Fsp3) is 0.588. The Morgan fingerprint density at radius 3 is 2.44 bits per heavy atom. The molecule has 1 N–H and O–H groups in total. The van der Waals surface area contributed by atoms with Gasteiger partial charge in [0.15, 0.2) is 6.61 Å². The molecule has 0 aliphatic heterocycles. The van der Waals surface area contributed by atoms with Crippen LogP contribution in [0.4, 0.5) is 0 Å². The van der Waals surface area contributed by atoms with Gasteiger partial charge in [0, 0.05) is 6.04 Å². The number of halogens is 1. The number of carbonyl (C=O) groups excluding carboxylic acids is 1. The molecule has 140 valence electrons. The van der Waals surface area contributed by atoms with Crippen molar-refractivity contribution in [3.8, 4) is 5.75 Å². The van der Waals surface area contributed by atoms with Gasteiger partial charge >= 0.3 is 5.97 Å². The van der Waals surface area contributed by atoms with Crippen molar-refractivity contribution in [1.82, 2.24) is 4.72 Å². The zero-order valence-corrected chi connectivity index (χ0v) is 15.9. The second-order valence-corrected chi connectivity index (χ2v) is 8.24. The van der Waals surface area contributed by atoms with E-state index in [1.807, 2.05) is 0 Å². The van der Waals surface area contributed by atoms with Crippen LogP contribution < -0.4 is 9.46 Å². The van der Waals surface area contributed by atoms with Gasteiger partial charge in [-0.25, -0.2) is 17.9 Å². The molecular weight excluding hydrogens is 366 g/mol. The molecule has 1 fully saturated rings. The van der Waals surface area contributed by atoms with Gasteiger partial charge < -0.3 is 9.47 Å². The van der Waals surface area contributed by atoms with Crippen molar-refractivity contribution >= 4 is 27.6 Å². The summed E-state index contributed by atoms with van der Waals surface area (Å²) in [6, 6.07) is 4.15. The smallest absolute Gasteiger partial charge is 0.343 e. The van der Waals surface area contributed by atoms with Gasteiger partial charge in [0.25, 0.3) is 0 Å². The van der Waals surface area contributed by atoms with Crippen LogP contribution in [0, 0.1) is 0 Å². The van der Waals surface area contributed by atoms with Crippen LogP contribution in [0.5, 0.6) is 5.75 Å². The Kier molecular flexibility index (Phi) is 7.53. The van der Waals surface area contributed by atoms with E-state index in [1.165, 1.54) is 31.7 Å². The quantitative estimate of drug-likeness (QED) is 0.755. The number of ether oxygens (including phenoxy) is 2. The summed E-state index contributed by atoms with van der Waals surface area (Å²) in [5.74, 6) is -0.310. The highest BCUT2D eigenvalue weighted by molar-refractivity contribution is 7.89. The average molecular weight is 390 g/mol. The number of hydrogen-bond donors (Lipinski definition) is 1. The van der Waals surface area contributed by atoms with Crippen LogP contribution in [0.3, 0.4) is 0 Å². The Morgan fingerprint density at radius 1 is 1.20 bits per heavy atom. The second kappa shape index (κ2) is 9.40. The van der Waals surface area contributed by atoms with Gasteiger partial charge in [0.05, 0.1) is 17.0 Å². The van der Waals surface area contributed by atoms with E-state index in [4.69, 9.17) is 16.3 Å². The molecule has 25 heavy (non-hydrogen) atoms. The van der Waals surface area contributed by atoms with Crippen molar-refractivity contribution in [3.63, 3.8) is 0 Å².